The smallest absolute Gasteiger partial charge is 0.254 e. The molecule has 4 rings (SSSR count). The molecule has 170 valence electrons. The summed E-state index contributed by atoms with van der Waals surface area (Å²) in [5, 5.41) is 2.90. The number of carbonyl (C=O) groups is 2. The molecule has 1 aromatic rings. The number of nitrogens with one attached hydrogen (secondary N) is 1. The molecular weight excluding hydrogens is 399 g/mol. The number of carbonyl (C=O) groups excluding carboxylic acids is 2. The lowest BCUT2D eigenvalue weighted by Gasteiger charge is -2.40. The molecule has 0 radical (unpaired) electrons. The van der Waals surface area contributed by atoms with Crippen LogP contribution < -0.4 is 5.32 Å². The lowest BCUT2D eigenvalue weighted by molar-refractivity contribution is -0.167. The van der Waals surface area contributed by atoms with Gasteiger partial charge in [-0.3, -0.25) is 19.4 Å². The highest BCUT2D eigenvalue weighted by atomic mass is 19.1. The Morgan fingerprint density at radius 1 is 1.19 bits per heavy atom. The van der Waals surface area contributed by atoms with Gasteiger partial charge in [-0.1, -0.05) is 26.0 Å². The van der Waals surface area contributed by atoms with E-state index in [4.69, 9.17) is 4.74 Å². The van der Waals surface area contributed by atoms with Crippen LogP contribution in [0, 0.1) is 17.7 Å². The first-order valence-electron chi connectivity index (χ1n) is 11.3. The van der Waals surface area contributed by atoms with Crippen molar-refractivity contribution in [2.45, 2.75) is 26.0 Å². The van der Waals surface area contributed by atoms with Crippen LogP contribution in [0.5, 0.6) is 0 Å². The van der Waals surface area contributed by atoms with Crippen LogP contribution in [0.15, 0.2) is 24.3 Å². The number of benzene rings is 1. The van der Waals surface area contributed by atoms with Crippen molar-refractivity contribution in [2.24, 2.45) is 11.8 Å². The van der Waals surface area contributed by atoms with Crippen molar-refractivity contribution in [3.8, 4) is 0 Å². The van der Waals surface area contributed by atoms with Crippen molar-refractivity contribution < 1.29 is 18.7 Å². The summed E-state index contributed by atoms with van der Waals surface area (Å²) < 4.78 is 19.3. The van der Waals surface area contributed by atoms with Gasteiger partial charge in [-0.15, -0.1) is 0 Å². The van der Waals surface area contributed by atoms with Crippen LogP contribution in [-0.4, -0.2) is 91.1 Å². The molecular formula is C23H33FN4O3. The van der Waals surface area contributed by atoms with E-state index in [1.54, 1.807) is 12.1 Å². The molecule has 31 heavy (non-hydrogen) atoms. The number of nitrogens with zero attached hydrogens (tertiary/aromatic N) is 3. The molecule has 3 saturated heterocycles. The second-order valence-electron chi connectivity index (χ2n) is 9.36. The summed E-state index contributed by atoms with van der Waals surface area (Å²) in [4.78, 5) is 32.9. The van der Waals surface area contributed by atoms with E-state index in [0.29, 0.717) is 51.8 Å². The first kappa shape index (κ1) is 22.2. The summed E-state index contributed by atoms with van der Waals surface area (Å²) in [5.74, 6) is -0.411. The Morgan fingerprint density at radius 3 is 2.55 bits per heavy atom. The molecule has 0 unspecified atom stereocenters. The maximum Gasteiger partial charge on any atom is 0.254 e. The lowest BCUT2D eigenvalue weighted by atomic mass is 9.87. The van der Waals surface area contributed by atoms with E-state index >= 15 is 0 Å². The summed E-state index contributed by atoms with van der Waals surface area (Å²) in [6, 6.07) is 6.36. The number of amides is 2. The van der Waals surface area contributed by atoms with Crippen molar-refractivity contribution in [3.05, 3.63) is 35.6 Å². The van der Waals surface area contributed by atoms with Gasteiger partial charge >= 0.3 is 0 Å². The van der Waals surface area contributed by atoms with Crippen LogP contribution in [0.25, 0.3) is 0 Å². The molecule has 1 N–H and O–H groups in total. The first-order chi connectivity index (χ1) is 14.9. The number of halogens is 1. The molecule has 1 aromatic carbocycles. The molecule has 0 saturated carbocycles. The predicted octanol–water partition coefficient (Wildman–Crippen LogP) is 0.943. The number of hydrogen-bond acceptors (Lipinski definition) is 5. The Balaban J connectivity index is 1.48. The summed E-state index contributed by atoms with van der Waals surface area (Å²) in [6.45, 7) is 10.7. The van der Waals surface area contributed by atoms with Gasteiger partial charge in [0, 0.05) is 58.9 Å². The van der Waals surface area contributed by atoms with Crippen molar-refractivity contribution in [1.82, 2.24) is 20.0 Å². The zero-order valence-corrected chi connectivity index (χ0v) is 18.5. The van der Waals surface area contributed by atoms with E-state index in [1.807, 2.05) is 4.90 Å². The van der Waals surface area contributed by atoms with Gasteiger partial charge in [-0.2, -0.15) is 0 Å². The van der Waals surface area contributed by atoms with Crippen LogP contribution in [0.2, 0.25) is 0 Å². The Morgan fingerprint density at radius 2 is 1.90 bits per heavy atom. The van der Waals surface area contributed by atoms with E-state index in [-0.39, 0.29) is 17.6 Å². The molecule has 8 heteroatoms. The van der Waals surface area contributed by atoms with Crippen LogP contribution >= 0.6 is 0 Å². The monoisotopic (exact) mass is 432 g/mol. The molecule has 2 amide bonds. The van der Waals surface area contributed by atoms with Crippen molar-refractivity contribution in [3.63, 3.8) is 0 Å². The zero-order chi connectivity index (χ0) is 22.0. The summed E-state index contributed by atoms with van der Waals surface area (Å²) in [5.41, 5.74) is -0.201. The number of piperazine rings is 1. The van der Waals surface area contributed by atoms with Gasteiger partial charge in [-0.05, 0) is 23.6 Å². The maximum absolute atomic E-state index is 13.6. The van der Waals surface area contributed by atoms with E-state index in [0.717, 1.165) is 25.2 Å². The van der Waals surface area contributed by atoms with Gasteiger partial charge in [0.1, 0.15) is 5.82 Å². The fourth-order valence-electron chi connectivity index (χ4n) is 5.04. The average molecular weight is 433 g/mol. The quantitative estimate of drug-likeness (QED) is 0.751. The maximum atomic E-state index is 13.6. The van der Waals surface area contributed by atoms with E-state index in [1.165, 1.54) is 12.1 Å². The number of morpholine rings is 1. The molecule has 1 spiro atoms. The number of ether oxygens (including phenoxy) is 1. The summed E-state index contributed by atoms with van der Waals surface area (Å²) >= 11 is 0. The Kier molecular flexibility index (Phi) is 6.60. The minimum atomic E-state index is -1.15. The number of rotatable bonds is 5. The van der Waals surface area contributed by atoms with Crippen LogP contribution in [-0.2, 0) is 20.9 Å². The van der Waals surface area contributed by atoms with Gasteiger partial charge in [0.05, 0.1) is 12.5 Å². The van der Waals surface area contributed by atoms with Crippen molar-refractivity contribution >= 4 is 11.8 Å². The SMILES string of the molecule is CC(C)CN1CCN(C(=O)[C@H]2CN(Cc3ccc(F)cc3)C[C@@]23OCCNC3=O)CC1. The Labute approximate surface area is 183 Å². The first-order valence-corrected chi connectivity index (χ1v) is 11.3. The van der Waals surface area contributed by atoms with Crippen LogP contribution in [0.4, 0.5) is 4.39 Å². The molecule has 3 aliphatic rings. The lowest BCUT2D eigenvalue weighted by Crippen LogP contribution is -2.63. The predicted molar refractivity (Wildman–Crippen MR) is 115 cm³/mol. The third kappa shape index (κ3) is 4.76. The van der Waals surface area contributed by atoms with Gasteiger partial charge in [0.25, 0.3) is 5.91 Å². The fourth-order valence-corrected chi connectivity index (χ4v) is 5.04. The molecule has 0 aliphatic carbocycles. The molecule has 3 heterocycles. The van der Waals surface area contributed by atoms with Crippen LogP contribution in [0.1, 0.15) is 19.4 Å². The molecule has 0 bridgehead atoms. The van der Waals surface area contributed by atoms with E-state index in [9.17, 15) is 14.0 Å². The molecule has 0 aromatic heterocycles. The normalized spacial score (nSPS) is 27.8. The van der Waals surface area contributed by atoms with Crippen LogP contribution in [0.3, 0.4) is 0 Å². The number of hydrogen-bond donors (Lipinski definition) is 1. The van der Waals surface area contributed by atoms with Crippen molar-refractivity contribution in [1.29, 1.82) is 0 Å². The standard InChI is InChI=1S/C23H33FN4O3/c1-17(2)13-26-8-10-28(11-9-26)21(29)20-15-27(14-18-3-5-19(24)6-4-18)16-23(20)22(30)25-7-12-31-23/h3-6,17,20H,7-16H2,1-2H3,(H,25,30)/t20-,23-/m1/s1. The fraction of sp³-hybridized carbons (Fsp3) is 0.652. The minimum Gasteiger partial charge on any atom is -0.361 e. The molecule has 3 aliphatic heterocycles. The molecule has 3 fully saturated rings. The van der Waals surface area contributed by atoms with Crippen molar-refractivity contribution in [2.75, 3.05) is 59.0 Å². The minimum absolute atomic E-state index is 0.00264. The highest BCUT2D eigenvalue weighted by Gasteiger charge is 2.58. The highest BCUT2D eigenvalue weighted by Crippen LogP contribution is 2.35. The Bertz CT molecular complexity index is 795. The summed E-state index contributed by atoms with van der Waals surface area (Å²) in [7, 11) is 0. The topological polar surface area (TPSA) is 65.1 Å². The third-order valence-corrected chi connectivity index (χ3v) is 6.52. The van der Waals surface area contributed by atoms with Gasteiger partial charge in [0.2, 0.25) is 5.91 Å². The molecule has 2 atom stereocenters. The third-order valence-electron chi connectivity index (χ3n) is 6.52. The average Bonchev–Trinajstić information content (AvgIpc) is 3.10. The van der Waals surface area contributed by atoms with Gasteiger partial charge in [0.15, 0.2) is 5.60 Å². The highest BCUT2D eigenvalue weighted by molar-refractivity contribution is 5.94. The van der Waals surface area contributed by atoms with Gasteiger partial charge in [-0.25, -0.2) is 4.39 Å². The largest absolute Gasteiger partial charge is 0.361 e. The second-order valence-corrected chi connectivity index (χ2v) is 9.36. The Hall–Kier alpha value is -2.03. The van der Waals surface area contributed by atoms with E-state index in [2.05, 4.69) is 29.0 Å². The second kappa shape index (κ2) is 9.22. The number of likely N-dealkylation sites (tertiary alicyclic amines) is 1. The van der Waals surface area contributed by atoms with Gasteiger partial charge < -0.3 is 15.0 Å². The van der Waals surface area contributed by atoms with E-state index < -0.39 is 11.5 Å². The summed E-state index contributed by atoms with van der Waals surface area (Å²) in [6.07, 6.45) is 0. The molecule has 7 nitrogen and oxygen atoms in total. The zero-order valence-electron chi connectivity index (χ0n) is 18.5.